The zero-order chi connectivity index (χ0) is 17.0. The maximum atomic E-state index is 5.72. The highest BCUT2D eigenvalue weighted by Gasteiger charge is 2.24. The molecule has 2 aliphatic carbocycles. The van der Waals surface area contributed by atoms with Gasteiger partial charge >= 0.3 is 0 Å². The van der Waals surface area contributed by atoms with Gasteiger partial charge in [-0.05, 0) is 36.5 Å². The predicted octanol–water partition coefficient (Wildman–Crippen LogP) is 6.23. The van der Waals surface area contributed by atoms with Crippen LogP contribution in [0, 0.1) is 23.7 Å². The van der Waals surface area contributed by atoms with E-state index in [1.807, 2.05) is 0 Å². The quantitative estimate of drug-likeness (QED) is 0.416. The van der Waals surface area contributed by atoms with E-state index in [0.717, 1.165) is 43.5 Å². The molecule has 2 aliphatic rings. The van der Waals surface area contributed by atoms with Crippen molar-refractivity contribution >= 4 is 0 Å². The van der Waals surface area contributed by atoms with Gasteiger partial charge < -0.3 is 9.47 Å². The Morgan fingerprint density at radius 2 is 1.17 bits per heavy atom. The van der Waals surface area contributed by atoms with Crippen LogP contribution in [0.3, 0.4) is 0 Å². The number of hydrogen-bond donors (Lipinski definition) is 0. The molecule has 142 valence electrons. The standard InChI is InChI=1S/C22H42O2/c1-3-4-5-19-6-8-20(9-7-19)10-11-21-12-14-22(15-13-21)18-24-17-16-23-2/h19-22H,3-18H2,1-2H3. The van der Waals surface area contributed by atoms with Crippen LogP contribution in [-0.2, 0) is 9.47 Å². The highest BCUT2D eigenvalue weighted by Crippen LogP contribution is 2.37. The molecular formula is C22H42O2. The third-order valence-electron chi connectivity index (χ3n) is 6.67. The van der Waals surface area contributed by atoms with Crippen LogP contribution in [0.1, 0.15) is 90.4 Å². The molecule has 0 aromatic rings. The third kappa shape index (κ3) is 7.87. The van der Waals surface area contributed by atoms with Crippen molar-refractivity contribution in [2.24, 2.45) is 23.7 Å². The summed E-state index contributed by atoms with van der Waals surface area (Å²) in [7, 11) is 1.74. The Balaban J connectivity index is 1.49. The van der Waals surface area contributed by atoms with Gasteiger partial charge in [0.05, 0.1) is 13.2 Å². The molecule has 0 radical (unpaired) electrons. The van der Waals surface area contributed by atoms with Gasteiger partial charge in [0, 0.05) is 13.7 Å². The van der Waals surface area contributed by atoms with Crippen molar-refractivity contribution in [3.63, 3.8) is 0 Å². The summed E-state index contributed by atoms with van der Waals surface area (Å²) in [6.07, 6.45) is 19.1. The summed E-state index contributed by atoms with van der Waals surface area (Å²) in [6, 6.07) is 0. The zero-order valence-corrected chi connectivity index (χ0v) is 16.4. The summed E-state index contributed by atoms with van der Waals surface area (Å²) in [5.41, 5.74) is 0. The van der Waals surface area contributed by atoms with Gasteiger partial charge in [-0.1, -0.05) is 77.6 Å². The summed E-state index contributed by atoms with van der Waals surface area (Å²) in [4.78, 5) is 0. The molecule has 0 amide bonds. The van der Waals surface area contributed by atoms with E-state index >= 15 is 0 Å². The zero-order valence-electron chi connectivity index (χ0n) is 16.4. The summed E-state index contributed by atoms with van der Waals surface area (Å²) in [5, 5.41) is 0. The third-order valence-corrected chi connectivity index (χ3v) is 6.67. The van der Waals surface area contributed by atoms with Crippen molar-refractivity contribution < 1.29 is 9.47 Å². The minimum absolute atomic E-state index is 0.732. The molecular weight excluding hydrogens is 296 g/mol. The first kappa shape index (κ1) is 20.2. The lowest BCUT2D eigenvalue weighted by atomic mass is 9.75. The molecule has 24 heavy (non-hydrogen) atoms. The van der Waals surface area contributed by atoms with Gasteiger partial charge in [-0.3, -0.25) is 0 Å². The molecule has 0 aromatic heterocycles. The highest BCUT2D eigenvalue weighted by atomic mass is 16.5. The van der Waals surface area contributed by atoms with E-state index in [-0.39, 0.29) is 0 Å². The molecule has 0 aliphatic heterocycles. The Kier molecular flexibility index (Phi) is 10.4. The second-order valence-electron chi connectivity index (χ2n) is 8.56. The topological polar surface area (TPSA) is 18.5 Å². The van der Waals surface area contributed by atoms with Crippen LogP contribution < -0.4 is 0 Å². The van der Waals surface area contributed by atoms with Gasteiger partial charge in [0.2, 0.25) is 0 Å². The summed E-state index contributed by atoms with van der Waals surface area (Å²) in [5.74, 6) is 3.94. The monoisotopic (exact) mass is 338 g/mol. The van der Waals surface area contributed by atoms with E-state index in [1.165, 1.54) is 83.5 Å². The Morgan fingerprint density at radius 1 is 0.667 bits per heavy atom. The van der Waals surface area contributed by atoms with Gasteiger partial charge in [0.25, 0.3) is 0 Å². The average Bonchev–Trinajstić information content (AvgIpc) is 2.64. The normalized spacial score (nSPS) is 31.2. The minimum atomic E-state index is 0.732. The summed E-state index contributed by atoms with van der Waals surface area (Å²) >= 11 is 0. The predicted molar refractivity (Wildman–Crippen MR) is 102 cm³/mol. The van der Waals surface area contributed by atoms with E-state index in [9.17, 15) is 0 Å². The van der Waals surface area contributed by atoms with Gasteiger partial charge in [-0.15, -0.1) is 0 Å². The lowest BCUT2D eigenvalue weighted by molar-refractivity contribution is 0.0391. The second kappa shape index (κ2) is 12.3. The van der Waals surface area contributed by atoms with Crippen molar-refractivity contribution in [2.45, 2.75) is 90.4 Å². The molecule has 0 saturated heterocycles. The van der Waals surface area contributed by atoms with Gasteiger partial charge in [-0.2, -0.15) is 0 Å². The van der Waals surface area contributed by atoms with Crippen LogP contribution in [0.2, 0.25) is 0 Å². The summed E-state index contributed by atoms with van der Waals surface area (Å²) < 4.78 is 10.8. The average molecular weight is 339 g/mol. The molecule has 2 heteroatoms. The molecule has 0 spiro atoms. The van der Waals surface area contributed by atoms with Crippen molar-refractivity contribution in [1.82, 2.24) is 0 Å². The number of ether oxygens (including phenoxy) is 2. The Bertz CT molecular complexity index is 288. The molecule has 0 unspecified atom stereocenters. The Morgan fingerprint density at radius 3 is 1.67 bits per heavy atom. The minimum Gasteiger partial charge on any atom is -0.382 e. The molecule has 0 atom stereocenters. The lowest BCUT2D eigenvalue weighted by Gasteiger charge is -2.32. The smallest absolute Gasteiger partial charge is 0.0700 e. The van der Waals surface area contributed by atoms with E-state index < -0.39 is 0 Å². The van der Waals surface area contributed by atoms with Gasteiger partial charge in [0.1, 0.15) is 0 Å². The van der Waals surface area contributed by atoms with Crippen molar-refractivity contribution in [1.29, 1.82) is 0 Å². The van der Waals surface area contributed by atoms with Gasteiger partial charge in [0.15, 0.2) is 0 Å². The fraction of sp³-hybridized carbons (Fsp3) is 1.00. The second-order valence-corrected chi connectivity index (χ2v) is 8.56. The van der Waals surface area contributed by atoms with Crippen LogP contribution in [0.4, 0.5) is 0 Å². The van der Waals surface area contributed by atoms with Crippen molar-refractivity contribution in [3.05, 3.63) is 0 Å². The van der Waals surface area contributed by atoms with Crippen LogP contribution in [0.15, 0.2) is 0 Å². The molecule has 2 rings (SSSR count). The molecule has 0 aromatic carbocycles. The van der Waals surface area contributed by atoms with E-state index in [0.29, 0.717) is 0 Å². The van der Waals surface area contributed by atoms with Crippen LogP contribution >= 0.6 is 0 Å². The van der Waals surface area contributed by atoms with Gasteiger partial charge in [-0.25, -0.2) is 0 Å². The Labute approximate surface area is 151 Å². The highest BCUT2D eigenvalue weighted by molar-refractivity contribution is 4.76. The number of methoxy groups -OCH3 is 1. The molecule has 0 heterocycles. The van der Waals surface area contributed by atoms with Crippen molar-refractivity contribution in [2.75, 3.05) is 26.9 Å². The Hall–Kier alpha value is -0.0800. The molecule has 2 fully saturated rings. The lowest BCUT2D eigenvalue weighted by Crippen LogP contribution is -2.21. The maximum Gasteiger partial charge on any atom is 0.0700 e. The summed E-state index contributed by atoms with van der Waals surface area (Å²) in [6.45, 7) is 4.78. The molecule has 2 saturated carbocycles. The van der Waals surface area contributed by atoms with E-state index in [4.69, 9.17) is 9.47 Å². The SMILES string of the molecule is CCCCC1CCC(CCC2CCC(COCCOC)CC2)CC1. The first-order valence-electron chi connectivity index (χ1n) is 10.9. The maximum absolute atomic E-state index is 5.72. The molecule has 2 nitrogen and oxygen atoms in total. The van der Waals surface area contributed by atoms with Crippen LogP contribution in [0.5, 0.6) is 0 Å². The number of hydrogen-bond acceptors (Lipinski definition) is 2. The van der Waals surface area contributed by atoms with Crippen molar-refractivity contribution in [3.8, 4) is 0 Å². The largest absolute Gasteiger partial charge is 0.382 e. The molecule has 0 N–H and O–H groups in total. The first-order chi connectivity index (χ1) is 11.8. The number of rotatable bonds is 11. The number of unbranched alkanes of at least 4 members (excludes halogenated alkanes) is 1. The molecule has 0 bridgehead atoms. The van der Waals surface area contributed by atoms with Crippen LogP contribution in [-0.4, -0.2) is 26.9 Å². The fourth-order valence-corrected chi connectivity index (χ4v) is 4.85. The first-order valence-corrected chi connectivity index (χ1v) is 10.9. The fourth-order valence-electron chi connectivity index (χ4n) is 4.85. The van der Waals surface area contributed by atoms with Crippen LogP contribution in [0.25, 0.3) is 0 Å². The van der Waals surface area contributed by atoms with E-state index in [1.54, 1.807) is 7.11 Å². The van der Waals surface area contributed by atoms with E-state index in [2.05, 4.69) is 6.92 Å².